The van der Waals surface area contributed by atoms with Gasteiger partial charge in [0.15, 0.2) is 0 Å². The molecule has 0 aromatic carbocycles. The fraction of sp³-hybridized carbons (Fsp3) is 1.00. The van der Waals surface area contributed by atoms with Crippen LogP contribution < -0.4 is 9.80 Å². The van der Waals surface area contributed by atoms with Crippen LogP contribution in [0.5, 0.6) is 0 Å². The third-order valence-electron chi connectivity index (χ3n) is 4.76. The fourth-order valence-electron chi connectivity index (χ4n) is 2.51. The van der Waals surface area contributed by atoms with E-state index in [0.717, 1.165) is 11.8 Å². The Balaban J connectivity index is -0.000000249. The Kier molecular flexibility index (Phi) is 20.9. The second-order valence-corrected chi connectivity index (χ2v) is 7.28. The lowest BCUT2D eigenvalue weighted by Gasteiger charge is -2.23. The highest BCUT2D eigenvalue weighted by molar-refractivity contribution is 4.54. The van der Waals surface area contributed by atoms with E-state index in [9.17, 15) is 0 Å². The number of quaternary nitrogens is 2. The minimum atomic E-state index is 0. The Morgan fingerprint density at radius 3 is 1.00 bits per heavy atom. The van der Waals surface area contributed by atoms with Crippen molar-refractivity contribution in [1.29, 1.82) is 0 Å². The summed E-state index contributed by atoms with van der Waals surface area (Å²) in [5, 5.41) is 0. The van der Waals surface area contributed by atoms with E-state index in [0.29, 0.717) is 0 Å². The van der Waals surface area contributed by atoms with Crippen LogP contribution in [0.3, 0.4) is 0 Å². The van der Waals surface area contributed by atoms with Crippen LogP contribution in [0.1, 0.15) is 66.2 Å². The molecule has 2 aliphatic heterocycles. The molecule has 2 saturated heterocycles. The average molecular weight is 321 g/mol. The van der Waals surface area contributed by atoms with Gasteiger partial charge in [-0.3, -0.25) is 0 Å². The van der Waals surface area contributed by atoms with Crippen molar-refractivity contribution < 1.29 is 20.8 Å². The van der Waals surface area contributed by atoms with Crippen molar-refractivity contribution in [2.24, 2.45) is 11.8 Å². The van der Waals surface area contributed by atoms with Gasteiger partial charge in [-0.15, -0.1) is 0 Å². The van der Waals surface area contributed by atoms with E-state index >= 15 is 0 Å². The molecule has 0 radical (unpaired) electrons. The van der Waals surface area contributed by atoms with Crippen molar-refractivity contribution in [3.8, 4) is 0 Å². The molecule has 0 atom stereocenters. The molecule has 0 aromatic heterocycles. The number of hydrogen-bond donors (Lipinski definition) is 2. The Hall–Kier alpha value is -0.160. The summed E-state index contributed by atoms with van der Waals surface area (Å²) in [5.41, 5.74) is 0. The van der Waals surface area contributed by atoms with E-state index in [1.807, 2.05) is 0 Å². The maximum Gasteiger partial charge on any atom is 0.0771 e. The van der Waals surface area contributed by atoms with Crippen LogP contribution in [-0.2, 0) is 0 Å². The summed E-state index contributed by atoms with van der Waals surface area (Å²) in [6.45, 7) is 14.6. The molecular weight excluding hydrogens is 276 g/mol. The molecule has 4 N–H and O–H groups in total. The maximum absolute atomic E-state index is 2.35. The number of nitrogens with one attached hydrogen (secondary N) is 2. The zero-order valence-electron chi connectivity index (χ0n) is 16.1. The maximum atomic E-state index is 2.35. The van der Waals surface area contributed by atoms with Crippen LogP contribution in [0.25, 0.3) is 0 Å². The summed E-state index contributed by atoms with van der Waals surface area (Å²) in [4.78, 5) is 3.42. The summed E-state index contributed by atoms with van der Waals surface area (Å²) < 4.78 is 0. The lowest BCUT2D eigenvalue weighted by atomic mass is 10.00. The van der Waals surface area contributed by atoms with Crippen LogP contribution in [0.2, 0.25) is 0 Å². The molecule has 22 heavy (non-hydrogen) atoms. The van der Waals surface area contributed by atoms with Crippen molar-refractivity contribution in [2.75, 3.05) is 40.3 Å². The molecule has 4 heteroatoms. The third-order valence-corrected chi connectivity index (χ3v) is 4.76. The molecule has 0 aliphatic carbocycles. The van der Waals surface area contributed by atoms with Crippen LogP contribution in [0.4, 0.5) is 0 Å². The smallest absolute Gasteiger partial charge is 0.0771 e. The van der Waals surface area contributed by atoms with Crippen LogP contribution in [-0.4, -0.2) is 51.2 Å². The van der Waals surface area contributed by atoms with Gasteiger partial charge in [0, 0.05) is 0 Å². The van der Waals surface area contributed by atoms with Crippen molar-refractivity contribution in [1.82, 2.24) is 0 Å². The van der Waals surface area contributed by atoms with Crippen LogP contribution in [0, 0.1) is 11.8 Å². The largest absolute Gasteiger partial charge is 0.870 e. The lowest BCUT2D eigenvalue weighted by molar-refractivity contribution is -0.885. The average Bonchev–Trinajstić information content (AvgIpc) is 2.46. The molecule has 2 rings (SSSR count). The molecule has 0 saturated carbocycles. The highest BCUT2D eigenvalue weighted by Gasteiger charge is 2.14. The summed E-state index contributed by atoms with van der Waals surface area (Å²) in [5.74, 6) is 2.00. The minimum Gasteiger partial charge on any atom is -0.870 e. The monoisotopic (exact) mass is 320 g/mol. The number of piperidine rings is 2. The predicted molar refractivity (Wildman–Crippen MR) is 94.5 cm³/mol. The van der Waals surface area contributed by atoms with Gasteiger partial charge in [-0.1, -0.05) is 40.5 Å². The van der Waals surface area contributed by atoms with Gasteiger partial charge in [0.1, 0.15) is 0 Å². The first-order chi connectivity index (χ1) is 9.49. The van der Waals surface area contributed by atoms with Crippen molar-refractivity contribution in [2.45, 2.75) is 66.2 Å². The summed E-state index contributed by atoms with van der Waals surface area (Å²) in [6, 6.07) is 0. The molecule has 4 nitrogen and oxygen atoms in total. The minimum absolute atomic E-state index is 0. The normalized spacial score (nSPS) is 30.3. The lowest BCUT2D eigenvalue weighted by Crippen LogP contribution is -3.10. The molecule has 0 spiro atoms. The number of hydrogen-bond acceptors (Lipinski definition) is 2. The predicted octanol–water partition coefficient (Wildman–Crippen LogP) is 1.31. The second kappa shape index (κ2) is 17.2. The molecule has 2 aliphatic rings. The van der Waals surface area contributed by atoms with Gasteiger partial charge in [-0.05, 0) is 37.5 Å². The van der Waals surface area contributed by atoms with Crippen molar-refractivity contribution in [3.63, 3.8) is 0 Å². The molecule has 0 bridgehead atoms. The summed E-state index contributed by atoms with van der Waals surface area (Å²) in [6.07, 6.45) is 8.38. The Morgan fingerprint density at radius 1 is 0.636 bits per heavy atom. The van der Waals surface area contributed by atoms with Crippen molar-refractivity contribution >= 4 is 0 Å². The van der Waals surface area contributed by atoms with Crippen LogP contribution in [0.15, 0.2) is 0 Å². The molecule has 0 aromatic rings. The Bertz CT molecular complexity index is 157. The molecule has 0 unspecified atom stereocenters. The number of rotatable bonds is 1. The topological polar surface area (TPSA) is 68.9 Å². The number of unbranched alkanes of at least 4 members (excludes halogenated alkanes) is 1. The van der Waals surface area contributed by atoms with Gasteiger partial charge in [0.25, 0.3) is 0 Å². The molecule has 2 heterocycles. The van der Waals surface area contributed by atoms with E-state index in [1.54, 1.807) is 9.80 Å². The zero-order chi connectivity index (χ0) is 15.4. The highest BCUT2D eigenvalue weighted by atomic mass is 16.0. The Morgan fingerprint density at radius 2 is 0.864 bits per heavy atom. The zero-order valence-corrected chi connectivity index (χ0v) is 16.1. The van der Waals surface area contributed by atoms with Gasteiger partial charge in [-0.25, -0.2) is 0 Å². The SMILES string of the molecule is CC1CC[NH+](C)CC1.CC1CC[NH+](C)CC1.CCCC.[OH-].[OH-]. The van der Waals surface area contributed by atoms with Gasteiger partial charge in [0.05, 0.1) is 40.3 Å². The quantitative estimate of drug-likeness (QED) is 0.765. The van der Waals surface area contributed by atoms with Gasteiger partial charge < -0.3 is 20.8 Å². The first-order valence-corrected chi connectivity index (χ1v) is 9.12. The van der Waals surface area contributed by atoms with E-state index in [4.69, 9.17) is 0 Å². The van der Waals surface area contributed by atoms with Gasteiger partial charge >= 0.3 is 0 Å². The first-order valence-electron chi connectivity index (χ1n) is 9.12. The highest BCUT2D eigenvalue weighted by Crippen LogP contribution is 2.06. The summed E-state index contributed by atoms with van der Waals surface area (Å²) in [7, 11) is 4.57. The van der Waals surface area contributed by atoms with E-state index in [2.05, 4.69) is 41.8 Å². The first kappa shape index (κ1) is 26.7. The van der Waals surface area contributed by atoms with Gasteiger partial charge in [0.2, 0.25) is 0 Å². The third kappa shape index (κ3) is 16.2. The summed E-state index contributed by atoms with van der Waals surface area (Å²) >= 11 is 0. The fourth-order valence-corrected chi connectivity index (χ4v) is 2.51. The van der Waals surface area contributed by atoms with E-state index in [1.165, 1.54) is 64.7 Å². The van der Waals surface area contributed by atoms with E-state index in [-0.39, 0.29) is 11.0 Å². The van der Waals surface area contributed by atoms with Crippen molar-refractivity contribution in [3.05, 3.63) is 0 Å². The van der Waals surface area contributed by atoms with Gasteiger partial charge in [-0.2, -0.15) is 0 Å². The Labute approximate surface area is 139 Å². The molecule has 138 valence electrons. The van der Waals surface area contributed by atoms with E-state index < -0.39 is 0 Å². The van der Waals surface area contributed by atoms with Crippen LogP contribution >= 0.6 is 0 Å². The molecular formula is C18H44N2O2. The molecule has 2 fully saturated rings. The second-order valence-electron chi connectivity index (χ2n) is 7.28. The molecule has 0 amide bonds. The number of likely N-dealkylation sites (tertiary alicyclic amines) is 2. The standard InChI is InChI=1S/2C7H15N.C4H10.2H2O/c2*1-7-3-5-8(2)6-4-7;1-3-4-2;;/h2*7H,3-6H2,1-2H3;3-4H2,1-2H3;2*1H2.